The highest BCUT2D eigenvalue weighted by atomic mass is 16.2. The van der Waals surface area contributed by atoms with Crippen molar-refractivity contribution in [3.05, 3.63) is 30.1 Å². The summed E-state index contributed by atoms with van der Waals surface area (Å²) in [4.78, 5) is 17.8. The van der Waals surface area contributed by atoms with E-state index in [9.17, 15) is 4.79 Å². The molecule has 0 aliphatic carbocycles. The van der Waals surface area contributed by atoms with Crippen LogP contribution in [0.4, 0.5) is 0 Å². The van der Waals surface area contributed by atoms with Gasteiger partial charge in [-0.3, -0.25) is 9.78 Å². The van der Waals surface area contributed by atoms with Gasteiger partial charge in [-0.25, -0.2) is 0 Å². The Balaban J connectivity index is 1.67. The van der Waals surface area contributed by atoms with Crippen LogP contribution in [0.15, 0.2) is 24.4 Å². The number of carbonyl (C=O) groups is 1. The minimum Gasteiger partial charge on any atom is -0.336 e. The normalized spacial score (nSPS) is 22.0. The molecule has 78 valence electrons. The van der Waals surface area contributed by atoms with Crippen molar-refractivity contribution in [2.24, 2.45) is 5.41 Å². The minimum atomic E-state index is 0.0631. The van der Waals surface area contributed by atoms with Gasteiger partial charge in [0.25, 0.3) is 5.91 Å². The molecule has 1 aromatic heterocycles. The lowest BCUT2D eigenvalue weighted by Gasteiger charge is -2.55. The molecule has 4 nitrogen and oxygen atoms in total. The lowest BCUT2D eigenvalue weighted by atomic mass is 9.74. The Morgan fingerprint density at radius 2 is 2.20 bits per heavy atom. The second kappa shape index (κ2) is 3.03. The Bertz CT molecular complexity index is 378. The van der Waals surface area contributed by atoms with Crippen molar-refractivity contribution in [1.29, 1.82) is 0 Å². The molecule has 2 aliphatic rings. The topological polar surface area (TPSA) is 45.2 Å². The van der Waals surface area contributed by atoms with Gasteiger partial charge in [0.1, 0.15) is 5.69 Å². The maximum absolute atomic E-state index is 11.9. The van der Waals surface area contributed by atoms with Crippen LogP contribution in [0.2, 0.25) is 0 Å². The second-order valence-electron chi connectivity index (χ2n) is 4.48. The highest BCUT2D eigenvalue weighted by molar-refractivity contribution is 5.92. The van der Waals surface area contributed by atoms with Crippen molar-refractivity contribution in [2.75, 3.05) is 26.2 Å². The summed E-state index contributed by atoms with van der Waals surface area (Å²) in [7, 11) is 0. The quantitative estimate of drug-likeness (QED) is 0.705. The van der Waals surface area contributed by atoms with Gasteiger partial charge in [-0.15, -0.1) is 0 Å². The van der Waals surface area contributed by atoms with Crippen LogP contribution in [0.3, 0.4) is 0 Å². The van der Waals surface area contributed by atoms with E-state index in [1.807, 2.05) is 17.0 Å². The van der Waals surface area contributed by atoms with Crippen LogP contribution >= 0.6 is 0 Å². The molecule has 0 bridgehead atoms. The number of hydrogen-bond donors (Lipinski definition) is 1. The summed E-state index contributed by atoms with van der Waals surface area (Å²) in [6.45, 7) is 3.88. The first-order valence-corrected chi connectivity index (χ1v) is 5.20. The summed E-state index contributed by atoms with van der Waals surface area (Å²) in [5, 5.41) is 3.25. The Morgan fingerprint density at radius 3 is 2.73 bits per heavy atom. The van der Waals surface area contributed by atoms with E-state index in [1.165, 1.54) is 0 Å². The highest BCUT2D eigenvalue weighted by Crippen LogP contribution is 2.34. The van der Waals surface area contributed by atoms with Gasteiger partial charge in [0.15, 0.2) is 0 Å². The van der Waals surface area contributed by atoms with Gasteiger partial charge in [0.2, 0.25) is 0 Å². The predicted octanol–water partition coefficient (Wildman–Crippen LogP) is 0.127. The number of carbonyl (C=O) groups excluding carboxylic acids is 1. The summed E-state index contributed by atoms with van der Waals surface area (Å²) < 4.78 is 0. The molecule has 0 unspecified atom stereocenters. The van der Waals surface area contributed by atoms with E-state index < -0.39 is 0 Å². The number of hydrogen-bond acceptors (Lipinski definition) is 3. The molecule has 0 saturated carbocycles. The fraction of sp³-hybridized carbons (Fsp3) is 0.455. The molecule has 1 aromatic rings. The Hall–Kier alpha value is -1.42. The van der Waals surface area contributed by atoms with Gasteiger partial charge in [0, 0.05) is 37.8 Å². The molecule has 4 heteroatoms. The number of nitrogens with zero attached hydrogens (tertiary/aromatic N) is 2. The van der Waals surface area contributed by atoms with Crippen molar-refractivity contribution in [2.45, 2.75) is 0 Å². The highest BCUT2D eigenvalue weighted by Gasteiger charge is 2.49. The smallest absolute Gasteiger partial charge is 0.272 e. The van der Waals surface area contributed by atoms with Crippen LogP contribution in [0, 0.1) is 5.41 Å². The summed E-state index contributed by atoms with van der Waals surface area (Å²) in [6.07, 6.45) is 1.66. The predicted molar refractivity (Wildman–Crippen MR) is 55.4 cm³/mol. The molecule has 1 amide bonds. The first-order valence-electron chi connectivity index (χ1n) is 5.20. The van der Waals surface area contributed by atoms with Gasteiger partial charge in [0.05, 0.1) is 0 Å². The maximum atomic E-state index is 11.9. The van der Waals surface area contributed by atoms with Crippen molar-refractivity contribution in [1.82, 2.24) is 15.2 Å². The average Bonchev–Trinajstić information content (AvgIpc) is 2.14. The fourth-order valence-electron chi connectivity index (χ4n) is 2.26. The zero-order chi connectivity index (χ0) is 10.3. The molecule has 3 rings (SSSR count). The lowest BCUT2D eigenvalue weighted by molar-refractivity contribution is -0.0251. The molecule has 0 aromatic carbocycles. The number of amides is 1. The van der Waals surface area contributed by atoms with Crippen LogP contribution in [-0.2, 0) is 0 Å². The average molecular weight is 203 g/mol. The molecule has 1 N–H and O–H groups in total. The second-order valence-corrected chi connectivity index (χ2v) is 4.48. The van der Waals surface area contributed by atoms with Gasteiger partial charge >= 0.3 is 0 Å². The SMILES string of the molecule is O=C(c1ccccn1)N1CC2(CNC2)C1. The third-order valence-corrected chi connectivity index (χ3v) is 3.22. The van der Waals surface area contributed by atoms with E-state index in [0.717, 1.165) is 26.2 Å². The lowest BCUT2D eigenvalue weighted by Crippen LogP contribution is -2.71. The van der Waals surface area contributed by atoms with Crippen LogP contribution in [0.25, 0.3) is 0 Å². The van der Waals surface area contributed by atoms with E-state index in [1.54, 1.807) is 12.3 Å². The van der Waals surface area contributed by atoms with Crippen LogP contribution < -0.4 is 5.32 Å². The number of aromatic nitrogens is 1. The first kappa shape index (κ1) is 8.85. The standard InChI is InChI=1S/C11H13N3O/c15-10(9-3-1-2-4-13-9)14-7-11(8-14)5-12-6-11/h1-4,12H,5-8H2. The van der Waals surface area contributed by atoms with Crippen molar-refractivity contribution >= 4 is 5.91 Å². The molecule has 2 fully saturated rings. The molecule has 0 atom stereocenters. The van der Waals surface area contributed by atoms with Crippen LogP contribution in [0.1, 0.15) is 10.5 Å². The number of likely N-dealkylation sites (tertiary alicyclic amines) is 1. The maximum Gasteiger partial charge on any atom is 0.272 e. The van der Waals surface area contributed by atoms with E-state index >= 15 is 0 Å². The molecule has 2 aliphatic heterocycles. The Labute approximate surface area is 88.3 Å². The van der Waals surface area contributed by atoms with E-state index in [2.05, 4.69) is 10.3 Å². The molecule has 2 saturated heterocycles. The zero-order valence-corrected chi connectivity index (χ0v) is 8.44. The number of rotatable bonds is 1. The summed E-state index contributed by atoms with van der Waals surface area (Å²) in [6, 6.07) is 5.44. The molecule has 3 heterocycles. The first-order chi connectivity index (χ1) is 7.29. The zero-order valence-electron chi connectivity index (χ0n) is 8.44. The third kappa shape index (κ3) is 1.33. The van der Waals surface area contributed by atoms with Gasteiger partial charge in [-0.2, -0.15) is 0 Å². The van der Waals surface area contributed by atoms with Crippen LogP contribution in [0.5, 0.6) is 0 Å². The third-order valence-electron chi connectivity index (χ3n) is 3.22. The largest absolute Gasteiger partial charge is 0.336 e. The number of nitrogens with one attached hydrogen (secondary N) is 1. The van der Waals surface area contributed by atoms with Gasteiger partial charge in [-0.1, -0.05) is 6.07 Å². The van der Waals surface area contributed by atoms with Crippen molar-refractivity contribution < 1.29 is 4.79 Å². The summed E-state index contributed by atoms with van der Waals surface area (Å²) >= 11 is 0. The van der Waals surface area contributed by atoms with Gasteiger partial charge in [-0.05, 0) is 12.1 Å². The monoisotopic (exact) mass is 203 g/mol. The van der Waals surface area contributed by atoms with E-state index in [0.29, 0.717) is 11.1 Å². The minimum absolute atomic E-state index is 0.0631. The molecule has 1 spiro atoms. The fourth-order valence-corrected chi connectivity index (χ4v) is 2.26. The summed E-state index contributed by atoms with van der Waals surface area (Å²) in [5.74, 6) is 0.0631. The number of pyridine rings is 1. The van der Waals surface area contributed by atoms with Crippen molar-refractivity contribution in [3.63, 3.8) is 0 Å². The molecule has 0 radical (unpaired) electrons. The molecular weight excluding hydrogens is 190 g/mol. The Kier molecular flexibility index (Phi) is 1.79. The van der Waals surface area contributed by atoms with E-state index in [4.69, 9.17) is 0 Å². The van der Waals surface area contributed by atoms with Gasteiger partial charge < -0.3 is 10.2 Å². The van der Waals surface area contributed by atoms with Crippen LogP contribution in [-0.4, -0.2) is 42.0 Å². The summed E-state index contributed by atoms with van der Waals surface area (Å²) in [5.41, 5.74) is 0.949. The molecular formula is C11H13N3O. The van der Waals surface area contributed by atoms with Crippen molar-refractivity contribution in [3.8, 4) is 0 Å². The van der Waals surface area contributed by atoms with E-state index in [-0.39, 0.29) is 5.91 Å². The molecule has 15 heavy (non-hydrogen) atoms. The Morgan fingerprint density at radius 1 is 1.40 bits per heavy atom.